The van der Waals surface area contributed by atoms with E-state index in [0.717, 1.165) is 22.0 Å². The highest BCUT2D eigenvalue weighted by Gasteiger charge is 2.13. The van der Waals surface area contributed by atoms with Gasteiger partial charge in [0.05, 0.1) is 29.1 Å². The number of hydrogen-bond donors (Lipinski definition) is 1. The Balaban J connectivity index is 1.94. The number of aryl methyl sites for hydroxylation is 1. The number of nitrogens with zero attached hydrogens (tertiary/aromatic N) is 3. The SMILES string of the molecule is Cc1nn(-c2ccccc2)cc1-c1nc(CC(=O)O)cs1. The molecule has 0 aliphatic carbocycles. The first-order valence-corrected chi connectivity index (χ1v) is 7.29. The summed E-state index contributed by atoms with van der Waals surface area (Å²) in [7, 11) is 0. The number of thiazole rings is 1. The second-order valence-electron chi connectivity index (χ2n) is 4.62. The molecule has 0 aliphatic rings. The number of hydrogen-bond acceptors (Lipinski definition) is 4. The van der Waals surface area contributed by atoms with Gasteiger partial charge in [0, 0.05) is 11.6 Å². The van der Waals surface area contributed by atoms with Crippen LogP contribution < -0.4 is 0 Å². The molecule has 21 heavy (non-hydrogen) atoms. The average molecular weight is 299 g/mol. The maximum Gasteiger partial charge on any atom is 0.309 e. The van der Waals surface area contributed by atoms with Gasteiger partial charge in [-0.1, -0.05) is 18.2 Å². The van der Waals surface area contributed by atoms with Gasteiger partial charge in [-0.25, -0.2) is 9.67 Å². The molecule has 0 bridgehead atoms. The largest absolute Gasteiger partial charge is 0.481 e. The van der Waals surface area contributed by atoms with Crippen molar-refractivity contribution in [2.45, 2.75) is 13.3 Å². The second kappa shape index (κ2) is 5.49. The zero-order chi connectivity index (χ0) is 14.8. The van der Waals surface area contributed by atoms with Crippen molar-refractivity contribution < 1.29 is 9.90 Å². The summed E-state index contributed by atoms with van der Waals surface area (Å²) in [5, 5.41) is 15.9. The molecular formula is C15H13N3O2S. The summed E-state index contributed by atoms with van der Waals surface area (Å²) in [4.78, 5) is 15.1. The molecule has 0 radical (unpaired) electrons. The molecule has 0 atom stereocenters. The van der Waals surface area contributed by atoms with Crippen LogP contribution in [0.5, 0.6) is 0 Å². The molecule has 3 rings (SSSR count). The standard InChI is InChI=1S/C15H13N3O2S/c1-10-13(15-16-11(9-21-15)7-14(19)20)8-18(17-10)12-5-3-2-4-6-12/h2-6,8-9H,7H2,1H3,(H,19,20). The maximum atomic E-state index is 10.7. The first-order valence-electron chi connectivity index (χ1n) is 6.42. The molecule has 0 amide bonds. The van der Waals surface area contributed by atoms with Crippen LogP contribution in [0.15, 0.2) is 41.9 Å². The van der Waals surface area contributed by atoms with Crippen LogP contribution in [0, 0.1) is 6.92 Å². The van der Waals surface area contributed by atoms with Gasteiger partial charge >= 0.3 is 5.97 Å². The van der Waals surface area contributed by atoms with E-state index in [1.165, 1.54) is 11.3 Å². The Morgan fingerprint density at radius 2 is 2.10 bits per heavy atom. The molecule has 3 aromatic rings. The Bertz CT molecular complexity index is 777. The van der Waals surface area contributed by atoms with Crippen molar-refractivity contribution in [1.29, 1.82) is 0 Å². The van der Waals surface area contributed by atoms with Gasteiger partial charge in [-0.05, 0) is 19.1 Å². The first-order chi connectivity index (χ1) is 10.1. The zero-order valence-electron chi connectivity index (χ0n) is 11.4. The number of para-hydroxylation sites is 1. The van der Waals surface area contributed by atoms with Crippen molar-refractivity contribution in [2.24, 2.45) is 0 Å². The maximum absolute atomic E-state index is 10.7. The molecule has 0 unspecified atom stereocenters. The summed E-state index contributed by atoms with van der Waals surface area (Å²) in [6, 6.07) is 9.84. The minimum Gasteiger partial charge on any atom is -0.481 e. The molecule has 6 heteroatoms. The summed E-state index contributed by atoms with van der Waals surface area (Å²) in [5.41, 5.74) is 3.36. The van der Waals surface area contributed by atoms with E-state index >= 15 is 0 Å². The molecule has 0 aliphatic heterocycles. The smallest absolute Gasteiger partial charge is 0.309 e. The lowest BCUT2D eigenvalue weighted by atomic mass is 10.3. The van der Waals surface area contributed by atoms with Gasteiger partial charge in [-0.3, -0.25) is 4.79 Å². The van der Waals surface area contributed by atoms with Gasteiger partial charge in [0.2, 0.25) is 0 Å². The number of aliphatic carboxylic acids is 1. The topological polar surface area (TPSA) is 68.0 Å². The van der Waals surface area contributed by atoms with Crippen molar-refractivity contribution in [3.05, 3.63) is 53.3 Å². The summed E-state index contributed by atoms with van der Waals surface area (Å²) in [6.07, 6.45) is 1.87. The van der Waals surface area contributed by atoms with E-state index in [9.17, 15) is 4.79 Å². The summed E-state index contributed by atoms with van der Waals surface area (Å²) < 4.78 is 1.81. The van der Waals surface area contributed by atoms with E-state index < -0.39 is 5.97 Å². The highest BCUT2D eigenvalue weighted by atomic mass is 32.1. The molecule has 0 saturated carbocycles. The van der Waals surface area contributed by atoms with Crippen molar-refractivity contribution in [1.82, 2.24) is 14.8 Å². The van der Waals surface area contributed by atoms with Crippen molar-refractivity contribution in [2.75, 3.05) is 0 Å². The number of benzene rings is 1. The molecule has 0 saturated heterocycles. The fourth-order valence-electron chi connectivity index (χ4n) is 2.05. The molecule has 2 aromatic heterocycles. The zero-order valence-corrected chi connectivity index (χ0v) is 12.2. The average Bonchev–Trinajstić information content (AvgIpc) is 3.06. The van der Waals surface area contributed by atoms with Gasteiger partial charge in [0.1, 0.15) is 5.01 Å². The van der Waals surface area contributed by atoms with E-state index in [-0.39, 0.29) is 6.42 Å². The van der Waals surface area contributed by atoms with Crippen LogP contribution in [0.25, 0.3) is 16.3 Å². The van der Waals surface area contributed by atoms with Crippen LogP contribution in [0.3, 0.4) is 0 Å². The van der Waals surface area contributed by atoms with Crippen LogP contribution in [-0.2, 0) is 11.2 Å². The third kappa shape index (κ3) is 2.85. The fourth-order valence-corrected chi connectivity index (χ4v) is 2.93. The number of carboxylic acid groups (broad SMARTS) is 1. The van der Waals surface area contributed by atoms with Crippen molar-refractivity contribution in [3.8, 4) is 16.3 Å². The van der Waals surface area contributed by atoms with E-state index in [0.29, 0.717) is 5.69 Å². The summed E-state index contributed by atoms with van der Waals surface area (Å²) in [5.74, 6) is -0.872. The number of rotatable bonds is 4. The Hall–Kier alpha value is -2.47. The van der Waals surface area contributed by atoms with Crippen LogP contribution in [0.4, 0.5) is 0 Å². The van der Waals surface area contributed by atoms with E-state index in [4.69, 9.17) is 5.11 Å². The second-order valence-corrected chi connectivity index (χ2v) is 5.48. The van der Waals surface area contributed by atoms with Gasteiger partial charge < -0.3 is 5.11 Å². The van der Waals surface area contributed by atoms with Crippen molar-refractivity contribution >= 4 is 17.3 Å². The number of aromatic nitrogens is 3. The lowest BCUT2D eigenvalue weighted by Crippen LogP contribution is -1.99. The lowest BCUT2D eigenvalue weighted by Gasteiger charge is -1.98. The molecule has 0 fully saturated rings. The molecule has 106 valence electrons. The van der Waals surface area contributed by atoms with E-state index in [2.05, 4.69) is 10.1 Å². The fraction of sp³-hybridized carbons (Fsp3) is 0.133. The van der Waals surface area contributed by atoms with Gasteiger partial charge in [-0.15, -0.1) is 11.3 Å². The Morgan fingerprint density at radius 3 is 2.81 bits per heavy atom. The molecule has 1 N–H and O–H groups in total. The van der Waals surface area contributed by atoms with Crippen LogP contribution >= 0.6 is 11.3 Å². The molecular weight excluding hydrogens is 286 g/mol. The van der Waals surface area contributed by atoms with E-state index in [1.807, 2.05) is 48.1 Å². The van der Waals surface area contributed by atoms with E-state index in [1.54, 1.807) is 5.38 Å². The first kappa shape index (κ1) is 13.5. The van der Waals surface area contributed by atoms with Crippen molar-refractivity contribution in [3.63, 3.8) is 0 Å². The third-order valence-electron chi connectivity index (χ3n) is 3.03. The van der Waals surface area contributed by atoms with Crippen LogP contribution in [0.2, 0.25) is 0 Å². The quantitative estimate of drug-likeness (QED) is 0.804. The Labute approximate surface area is 125 Å². The predicted octanol–water partition coefficient (Wildman–Crippen LogP) is 2.93. The Morgan fingerprint density at radius 1 is 1.33 bits per heavy atom. The predicted molar refractivity (Wildman–Crippen MR) is 80.7 cm³/mol. The summed E-state index contributed by atoms with van der Waals surface area (Å²) >= 11 is 1.44. The third-order valence-corrected chi connectivity index (χ3v) is 3.96. The molecule has 0 spiro atoms. The highest BCUT2D eigenvalue weighted by Crippen LogP contribution is 2.27. The van der Waals surface area contributed by atoms with Gasteiger partial charge in [0.25, 0.3) is 0 Å². The molecule has 5 nitrogen and oxygen atoms in total. The molecule has 2 heterocycles. The van der Waals surface area contributed by atoms with Gasteiger partial charge in [0.15, 0.2) is 0 Å². The lowest BCUT2D eigenvalue weighted by molar-refractivity contribution is -0.136. The highest BCUT2D eigenvalue weighted by molar-refractivity contribution is 7.13. The minimum atomic E-state index is -0.872. The van der Waals surface area contributed by atoms with Crippen LogP contribution in [0.1, 0.15) is 11.4 Å². The van der Waals surface area contributed by atoms with Crippen LogP contribution in [-0.4, -0.2) is 25.8 Å². The molecule has 1 aromatic carbocycles. The number of carboxylic acids is 1. The Kier molecular flexibility index (Phi) is 3.53. The number of carbonyl (C=O) groups is 1. The van der Waals surface area contributed by atoms with Gasteiger partial charge in [-0.2, -0.15) is 5.10 Å². The summed E-state index contributed by atoms with van der Waals surface area (Å²) in [6.45, 7) is 1.92. The monoisotopic (exact) mass is 299 g/mol. The normalized spacial score (nSPS) is 10.7. The minimum absolute atomic E-state index is 0.0532.